The summed E-state index contributed by atoms with van der Waals surface area (Å²) in [5, 5.41) is 7.25. The molecule has 0 spiro atoms. The lowest BCUT2D eigenvalue weighted by molar-refractivity contribution is -0.132. The highest BCUT2D eigenvalue weighted by Crippen LogP contribution is 2.11. The van der Waals surface area contributed by atoms with Gasteiger partial charge < -0.3 is 19.5 Å². The molecule has 7 heteroatoms. The van der Waals surface area contributed by atoms with Gasteiger partial charge in [-0.3, -0.25) is 9.69 Å². The molecule has 23 heavy (non-hydrogen) atoms. The van der Waals surface area contributed by atoms with Gasteiger partial charge in [-0.05, 0) is 19.8 Å². The molecule has 3 rings (SSSR count). The molecule has 1 atom stereocenters. The minimum atomic E-state index is 0.180. The van der Waals surface area contributed by atoms with E-state index >= 15 is 0 Å². The molecule has 2 fully saturated rings. The first-order valence-electron chi connectivity index (χ1n) is 8.45. The van der Waals surface area contributed by atoms with Gasteiger partial charge in [0.25, 0.3) is 0 Å². The number of rotatable bonds is 6. The predicted octanol–water partition coefficient (Wildman–Crippen LogP) is 0.396. The van der Waals surface area contributed by atoms with Crippen molar-refractivity contribution in [3.63, 3.8) is 0 Å². The number of ether oxygens (including phenoxy) is 1. The Labute approximate surface area is 136 Å². The topological polar surface area (TPSA) is 70.8 Å². The molecule has 1 N–H and O–H groups in total. The maximum absolute atomic E-state index is 12.2. The molecule has 3 heterocycles. The van der Waals surface area contributed by atoms with E-state index in [9.17, 15) is 4.79 Å². The highest BCUT2D eigenvalue weighted by Gasteiger charge is 2.22. The third-order valence-corrected chi connectivity index (χ3v) is 4.46. The van der Waals surface area contributed by atoms with Crippen molar-refractivity contribution in [3.05, 3.63) is 17.5 Å². The molecule has 0 radical (unpaired) electrons. The van der Waals surface area contributed by atoms with E-state index in [2.05, 4.69) is 15.4 Å². The Morgan fingerprint density at radius 2 is 2.22 bits per heavy atom. The monoisotopic (exact) mass is 322 g/mol. The lowest BCUT2D eigenvalue weighted by Crippen LogP contribution is -2.50. The molecule has 128 valence electrons. The number of carbonyl (C=O) groups is 1. The number of carbonyl (C=O) groups excluding carboxylic acids is 1. The van der Waals surface area contributed by atoms with Crippen LogP contribution in [0, 0.1) is 6.92 Å². The summed E-state index contributed by atoms with van der Waals surface area (Å²) in [4.78, 5) is 16.5. The fraction of sp³-hybridized carbons (Fsp3) is 0.750. The number of amides is 1. The summed E-state index contributed by atoms with van der Waals surface area (Å²) >= 11 is 0. The molecule has 1 amide bonds. The Kier molecular flexibility index (Phi) is 5.64. The van der Waals surface area contributed by atoms with Gasteiger partial charge in [-0.15, -0.1) is 0 Å². The smallest absolute Gasteiger partial charge is 0.236 e. The average molecular weight is 322 g/mol. The Bertz CT molecular complexity index is 505. The minimum absolute atomic E-state index is 0.180. The second kappa shape index (κ2) is 7.90. The van der Waals surface area contributed by atoms with E-state index in [0.29, 0.717) is 6.54 Å². The second-order valence-corrected chi connectivity index (χ2v) is 6.35. The molecule has 7 nitrogen and oxygen atoms in total. The molecule has 2 aliphatic heterocycles. The molecule has 2 aliphatic rings. The molecule has 0 aromatic carbocycles. The molecule has 1 aromatic heterocycles. The van der Waals surface area contributed by atoms with Crippen molar-refractivity contribution in [3.8, 4) is 0 Å². The first-order valence-corrected chi connectivity index (χ1v) is 8.45. The lowest BCUT2D eigenvalue weighted by atomic mass is 10.2. The zero-order valence-electron chi connectivity index (χ0n) is 13.8. The summed E-state index contributed by atoms with van der Waals surface area (Å²) in [5.41, 5.74) is 0.959. The molecule has 2 saturated heterocycles. The average Bonchev–Trinajstić information content (AvgIpc) is 3.20. The Hall–Kier alpha value is -1.44. The number of piperazine rings is 1. The van der Waals surface area contributed by atoms with Crippen LogP contribution in [0.5, 0.6) is 0 Å². The third kappa shape index (κ3) is 4.76. The van der Waals surface area contributed by atoms with E-state index in [1.54, 1.807) is 0 Å². The van der Waals surface area contributed by atoms with Crippen LogP contribution in [0.25, 0.3) is 0 Å². The maximum atomic E-state index is 12.2. The van der Waals surface area contributed by atoms with E-state index in [4.69, 9.17) is 9.26 Å². The maximum Gasteiger partial charge on any atom is 0.236 e. The largest absolute Gasteiger partial charge is 0.377 e. The SMILES string of the molecule is Cc1cc(CN2CCN(C(=O)CNCC3CCCO3)CC2)no1. The molecule has 0 bridgehead atoms. The van der Waals surface area contributed by atoms with Gasteiger partial charge in [0.2, 0.25) is 5.91 Å². The molecule has 0 saturated carbocycles. The normalized spacial score (nSPS) is 22.7. The zero-order valence-corrected chi connectivity index (χ0v) is 13.8. The van der Waals surface area contributed by atoms with Crippen LogP contribution in [0.4, 0.5) is 0 Å². The van der Waals surface area contributed by atoms with Crippen LogP contribution in [0.1, 0.15) is 24.3 Å². The highest BCUT2D eigenvalue weighted by atomic mass is 16.5. The van der Waals surface area contributed by atoms with Gasteiger partial charge in [-0.1, -0.05) is 5.16 Å². The van der Waals surface area contributed by atoms with E-state index < -0.39 is 0 Å². The first kappa shape index (κ1) is 16.4. The number of aromatic nitrogens is 1. The van der Waals surface area contributed by atoms with Crippen LogP contribution in [0.15, 0.2) is 10.6 Å². The Balaban J connectivity index is 1.33. The predicted molar refractivity (Wildman–Crippen MR) is 84.9 cm³/mol. The zero-order chi connectivity index (χ0) is 16.1. The molecule has 0 aliphatic carbocycles. The number of nitrogens with one attached hydrogen (secondary N) is 1. The van der Waals surface area contributed by atoms with Crippen LogP contribution in [0.3, 0.4) is 0 Å². The fourth-order valence-corrected chi connectivity index (χ4v) is 3.13. The number of hydrogen-bond acceptors (Lipinski definition) is 6. The van der Waals surface area contributed by atoms with Crippen LogP contribution in [-0.2, 0) is 16.1 Å². The van der Waals surface area contributed by atoms with Crippen LogP contribution in [-0.4, -0.2) is 72.8 Å². The van der Waals surface area contributed by atoms with Crippen molar-refractivity contribution < 1.29 is 14.1 Å². The summed E-state index contributed by atoms with van der Waals surface area (Å²) in [6.07, 6.45) is 2.51. The van der Waals surface area contributed by atoms with Crippen LogP contribution in [0.2, 0.25) is 0 Å². The van der Waals surface area contributed by atoms with E-state index in [1.807, 2.05) is 17.9 Å². The van der Waals surface area contributed by atoms with E-state index in [-0.39, 0.29) is 12.0 Å². The van der Waals surface area contributed by atoms with Gasteiger partial charge in [-0.25, -0.2) is 0 Å². The number of aryl methyl sites for hydroxylation is 1. The van der Waals surface area contributed by atoms with Gasteiger partial charge in [0.1, 0.15) is 5.76 Å². The van der Waals surface area contributed by atoms with Gasteiger partial charge in [0, 0.05) is 51.9 Å². The van der Waals surface area contributed by atoms with Gasteiger partial charge in [0.15, 0.2) is 0 Å². The summed E-state index contributed by atoms with van der Waals surface area (Å²) in [6.45, 7) is 8.03. The van der Waals surface area contributed by atoms with Gasteiger partial charge in [-0.2, -0.15) is 0 Å². The van der Waals surface area contributed by atoms with Gasteiger partial charge >= 0.3 is 0 Å². The molecular formula is C16H26N4O3. The van der Waals surface area contributed by atoms with Crippen molar-refractivity contribution in [2.75, 3.05) is 45.9 Å². The number of hydrogen-bond donors (Lipinski definition) is 1. The quantitative estimate of drug-likeness (QED) is 0.817. The Morgan fingerprint density at radius 1 is 1.39 bits per heavy atom. The van der Waals surface area contributed by atoms with Crippen LogP contribution >= 0.6 is 0 Å². The standard InChI is InChI=1S/C16H26N4O3/c1-13-9-14(18-23-13)12-19-4-6-20(7-5-19)16(21)11-17-10-15-3-2-8-22-15/h9,15,17H,2-8,10-12H2,1H3. The van der Waals surface area contributed by atoms with Crippen molar-refractivity contribution in [1.29, 1.82) is 0 Å². The summed E-state index contributed by atoms with van der Waals surface area (Å²) in [6, 6.07) is 1.96. The third-order valence-electron chi connectivity index (χ3n) is 4.46. The van der Waals surface area contributed by atoms with Crippen molar-refractivity contribution in [1.82, 2.24) is 20.3 Å². The van der Waals surface area contributed by atoms with Gasteiger partial charge in [0.05, 0.1) is 18.3 Å². The first-order chi connectivity index (χ1) is 11.2. The van der Waals surface area contributed by atoms with Crippen molar-refractivity contribution >= 4 is 5.91 Å². The molecule has 1 aromatic rings. The number of nitrogens with zero attached hydrogens (tertiary/aromatic N) is 3. The highest BCUT2D eigenvalue weighted by molar-refractivity contribution is 5.78. The molecule has 1 unspecified atom stereocenters. The second-order valence-electron chi connectivity index (χ2n) is 6.35. The minimum Gasteiger partial charge on any atom is -0.377 e. The van der Waals surface area contributed by atoms with E-state index in [1.165, 1.54) is 0 Å². The Morgan fingerprint density at radius 3 is 2.87 bits per heavy atom. The summed E-state index contributed by atoms with van der Waals surface area (Å²) < 4.78 is 10.6. The van der Waals surface area contributed by atoms with Crippen molar-refractivity contribution in [2.24, 2.45) is 0 Å². The molecular weight excluding hydrogens is 296 g/mol. The van der Waals surface area contributed by atoms with Crippen LogP contribution < -0.4 is 5.32 Å². The lowest BCUT2D eigenvalue weighted by Gasteiger charge is -2.34. The summed E-state index contributed by atoms with van der Waals surface area (Å²) in [5.74, 6) is 1.02. The summed E-state index contributed by atoms with van der Waals surface area (Å²) in [7, 11) is 0. The fourth-order valence-electron chi connectivity index (χ4n) is 3.13. The van der Waals surface area contributed by atoms with Crippen molar-refractivity contribution in [2.45, 2.75) is 32.4 Å². The van der Waals surface area contributed by atoms with E-state index in [0.717, 1.165) is 70.2 Å².